The Kier molecular flexibility index (Phi) is 3.27. The number of hydrogen-bond acceptors (Lipinski definition) is 4. The van der Waals surface area contributed by atoms with Crippen LogP contribution in [0.1, 0.15) is 12.8 Å². The van der Waals surface area contributed by atoms with Crippen molar-refractivity contribution in [3.63, 3.8) is 0 Å². The summed E-state index contributed by atoms with van der Waals surface area (Å²) in [7, 11) is 0. The molecule has 0 bridgehead atoms. The summed E-state index contributed by atoms with van der Waals surface area (Å²) in [5, 5.41) is 12.2. The van der Waals surface area contributed by atoms with Gasteiger partial charge in [0.05, 0.1) is 23.9 Å². The van der Waals surface area contributed by atoms with E-state index in [-0.39, 0.29) is 5.91 Å². The maximum atomic E-state index is 12.0. The number of carbonyl (C=O) groups is 1. The average Bonchev–Trinajstić information content (AvgIpc) is 2.99. The van der Waals surface area contributed by atoms with Crippen LogP contribution in [0.3, 0.4) is 0 Å². The van der Waals surface area contributed by atoms with Crippen LogP contribution in [0, 0.1) is 0 Å². The lowest BCUT2D eigenvalue weighted by Crippen LogP contribution is -2.33. The van der Waals surface area contributed by atoms with Crippen molar-refractivity contribution in [2.45, 2.75) is 12.8 Å². The van der Waals surface area contributed by atoms with Gasteiger partial charge in [-0.2, -0.15) is 10.2 Å². The van der Waals surface area contributed by atoms with Gasteiger partial charge in [-0.3, -0.25) is 4.79 Å². The summed E-state index contributed by atoms with van der Waals surface area (Å²) in [5.74, 6) is 0.151. The van der Waals surface area contributed by atoms with Crippen molar-refractivity contribution in [3.8, 4) is 0 Å². The van der Waals surface area contributed by atoms with Crippen LogP contribution >= 0.6 is 0 Å². The van der Waals surface area contributed by atoms with Crippen molar-refractivity contribution in [2.24, 2.45) is 0 Å². The number of hydrogen-bond donors (Lipinski definition) is 1. The minimum absolute atomic E-state index is 0.151. The average molecular weight is 256 g/mol. The fraction of sp³-hybridized carbons (Fsp3) is 0.357. The predicted molar refractivity (Wildman–Crippen MR) is 73.8 cm³/mol. The Morgan fingerprint density at radius 3 is 2.89 bits per heavy atom. The van der Waals surface area contributed by atoms with E-state index < -0.39 is 0 Å². The molecule has 3 rings (SSSR count). The fourth-order valence-electron chi connectivity index (χ4n) is 2.40. The molecule has 2 aromatic rings. The standard InChI is InChI=1S/C14H16N4O/c19-14(18-7-3-4-8-18)10-15-13-9-16-17-12-6-2-1-5-11(12)13/h1-2,5-6,9H,3-4,7-8,10H2,(H,15,17). The first-order valence-corrected chi connectivity index (χ1v) is 6.57. The number of likely N-dealkylation sites (tertiary alicyclic amines) is 1. The molecule has 98 valence electrons. The number of aromatic nitrogens is 2. The third-order valence-corrected chi connectivity index (χ3v) is 3.44. The van der Waals surface area contributed by atoms with Crippen LogP contribution in [0.2, 0.25) is 0 Å². The molecule has 0 atom stereocenters. The van der Waals surface area contributed by atoms with Gasteiger partial charge in [-0.05, 0) is 18.9 Å². The van der Waals surface area contributed by atoms with E-state index in [1.165, 1.54) is 0 Å². The SMILES string of the molecule is O=C(CNc1cnnc2ccccc12)N1CCCC1. The Labute approximate surface area is 111 Å². The number of nitrogens with zero attached hydrogens (tertiary/aromatic N) is 3. The summed E-state index contributed by atoms with van der Waals surface area (Å²) in [6.45, 7) is 2.08. The highest BCUT2D eigenvalue weighted by Crippen LogP contribution is 2.19. The maximum Gasteiger partial charge on any atom is 0.241 e. The summed E-state index contributed by atoms with van der Waals surface area (Å²) < 4.78 is 0. The zero-order valence-electron chi connectivity index (χ0n) is 10.7. The zero-order valence-corrected chi connectivity index (χ0v) is 10.7. The Morgan fingerprint density at radius 2 is 2.05 bits per heavy atom. The van der Waals surface area contributed by atoms with Crippen LogP contribution in [0.5, 0.6) is 0 Å². The molecule has 1 amide bonds. The number of rotatable bonds is 3. The van der Waals surface area contributed by atoms with Gasteiger partial charge in [0.25, 0.3) is 0 Å². The number of anilines is 1. The van der Waals surface area contributed by atoms with Gasteiger partial charge in [-0.15, -0.1) is 0 Å². The molecule has 0 spiro atoms. The molecule has 0 aliphatic carbocycles. The Morgan fingerprint density at radius 1 is 1.26 bits per heavy atom. The molecule has 1 N–H and O–H groups in total. The van der Waals surface area contributed by atoms with Gasteiger partial charge in [-0.1, -0.05) is 18.2 Å². The van der Waals surface area contributed by atoms with Crippen LogP contribution in [-0.2, 0) is 4.79 Å². The molecule has 2 heterocycles. The van der Waals surface area contributed by atoms with Crippen LogP contribution in [0.4, 0.5) is 5.69 Å². The molecule has 0 unspecified atom stereocenters. The van der Waals surface area contributed by atoms with Crippen molar-refractivity contribution in [3.05, 3.63) is 30.5 Å². The number of benzene rings is 1. The first-order chi connectivity index (χ1) is 9.34. The van der Waals surface area contributed by atoms with E-state index in [0.29, 0.717) is 6.54 Å². The second-order valence-electron chi connectivity index (χ2n) is 4.72. The highest BCUT2D eigenvalue weighted by atomic mass is 16.2. The van der Waals surface area contributed by atoms with E-state index in [0.717, 1.165) is 42.5 Å². The molecule has 19 heavy (non-hydrogen) atoms. The van der Waals surface area contributed by atoms with Crippen molar-refractivity contribution in [1.82, 2.24) is 15.1 Å². The van der Waals surface area contributed by atoms with Gasteiger partial charge in [-0.25, -0.2) is 0 Å². The molecular weight excluding hydrogens is 240 g/mol. The molecule has 1 aliphatic rings. The van der Waals surface area contributed by atoms with Crippen LogP contribution in [0.15, 0.2) is 30.5 Å². The van der Waals surface area contributed by atoms with E-state index in [1.807, 2.05) is 29.2 Å². The monoisotopic (exact) mass is 256 g/mol. The second kappa shape index (κ2) is 5.22. The highest BCUT2D eigenvalue weighted by Gasteiger charge is 2.17. The predicted octanol–water partition coefficient (Wildman–Crippen LogP) is 1.66. The molecule has 1 aromatic carbocycles. The van der Waals surface area contributed by atoms with Crippen molar-refractivity contribution in [1.29, 1.82) is 0 Å². The third kappa shape index (κ3) is 2.50. The van der Waals surface area contributed by atoms with Gasteiger partial charge < -0.3 is 10.2 Å². The molecule has 5 nitrogen and oxygen atoms in total. The van der Waals surface area contributed by atoms with Crippen molar-refractivity contribution >= 4 is 22.5 Å². The molecule has 1 aromatic heterocycles. The highest BCUT2D eigenvalue weighted by molar-refractivity contribution is 5.92. The van der Waals surface area contributed by atoms with Crippen LogP contribution < -0.4 is 5.32 Å². The summed E-state index contributed by atoms with van der Waals surface area (Å²) in [6.07, 6.45) is 3.90. The smallest absolute Gasteiger partial charge is 0.241 e. The number of nitrogens with one attached hydrogen (secondary N) is 1. The minimum atomic E-state index is 0.151. The molecular formula is C14H16N4O. The van der Waals surface area contributed by atoms with Crippen molar-refractivity contribution in [2.75, 3.05) is 25.0 Å². The molecule has 1 aliphatic heterocycles. The zero-order chi connectivity index (χ0) is 13.1. The normalized spacial score (nSPS) is 14.8. The molecule has 0 saturated carbocycles. The molecule has 5 heteroatoms. The first-order valence-electron chi connectivity index (χ1n) is 6.57. The molecule has 1 saturated heterocycles. The summed E-state index contributed by atoms with van der Waals surface area (Å²) in [5.41, 5.74) is 1.69. The van der Waals surface area contributed by atoms with E-state index in [9.17, 15) is 4.79 Å². The summed E-state index contributed by atoms with van der Waals surface area (Å²) in [6, 6.07) is 7.77. The van der Waals surface area contributed by atoms with Gasteiger partial charge in [0.1, 0.15) is 0 Å². The Hall–Kier alpha value is -2.17. The lowest BCUT2D eigenvalue weighted by Gasteiger charge is -2.16. The Balaban J connectivity index is 1.73. The second-order valence-corrected chi connectivity index (χ2v) is 4.72. The largest absolute Gasteiger partial charge is 0.374 e. The number of amides is 1. The lowest BCUT2D eigenvalue weighted by atomic mass is 10.2. The fourth-order valence-corrected chi connectivity index (χ4v) is 2.40. The topological polar surface area (TPSA) is 58.1 Å². The van der Waals surface area contributed by atoms with Gasteiger partial charge in [0, 0.05) is 18.5 Å². The van der Waals surface area contributed by atoms with E-state index in [1.54, 1.807) is 6.20 Å². The Bertz CT molecular complexity index is 588. The summed E-state index contributed by atoms with van der Waals surface area (Å²) >= 11 is 0. The van der Waals surface area contributed by atoms with Crippen LogP contribution in [0.25, 0.3) is 10.9 Å². The van der Waals surface area contributed by atoms with Gasteiger partial charge in [0.2, 0.25) is 5.91 Å². The quantitative estimate of drug-likeness (QED) is 0.907. The number of carbonyl (C=O) groups excluding carboxylic acids is 1. The first kappa shape index (κ1) is 11.9. The van der Waals surface area contributed by atoms with E-state index in [4.69, 9.17) is 0 Å². The van der Waals surface area contributed by atoms with Gasteiger partial charge in [0.15, 0.2) is 0 Å². The van der Waals surface area contributed by atoms with Crippen molar-refractivity contribution < 1.29 is 4.79 Å². The van der Waals surface area contributed by atoms with E-state index >= 15 is 0 Å². The van der Waals surface area contributed by atoms with Crippen LogP contribution in [-0.4, -0.2) is 40.6 Å². The lowest BCUT2D eigenvalue weighted by molar-refractivity contribution is -0.128. The minimum Gasteiger partial charge on any atom is -0.374 e. The maximum absolute atomic E-state index is 12.0. The molecule has 0 radical (unpaired) electrons. The van der Waals surface area contributed by atoms with E-state index in [2.05, 4.69) is 15.5 Å². The third-order valence-electron chi connectivity index (χ3n) is 3.44. The summed E-state index contributed by atoms with van der Waals surface area (Å²) in [4.78, 5) is 13.9. The number of fused-ring (bicyclic) bond motifs is 1. The van der Waals surface area contributed by atoms with Gasteiger partial charge >= 0.3 is 0 Å². The molecule has 1 fully saturated rings.